The number of hydrogen-bond donors (Lipinski definition) is 2. The predicted molar refractivity (Wildman–Crippen MR) is 218 cm³/mol. The summed E-state index contributed by atoms with van der Waals surface area (Å²) in [5.74, 6) is 0. The van der Waals surface area contributed by atoms with Gasteiger partial charge < -0.3 is 37.2 Å². The highest BCUT2D eigenvalue weighted by Crippen LogP contribution is 2.20. The summed E-state index contributed by atoms with van der Waals surface area (Å²) < 4.78 is 38.5. The molecule has 0 unspecified atom stereocenters. The van der Waals surface area contributed by atoms with Gasteiger partial charge in [-0.1, -0.05) is 24.3 Å². The smallest absolute Gasteiger partial charge is 0.370 e. The predicted octanol–water partition coefficient (Wildman–Crippen LogP) is 8.58. The lowest BCUT2D eigenvalue weighted by Crippen LogP contribution is -2.56. The van der Waals surface area contributed by atoms with Crippen molar-refractivity contribution < 1.29 is 26.6 Å². The zero-order valence-corrected chi connectivity index (χ0v) is 35.0. The van der Waals surface area contributed by atoms with Gasteiger partial charge >= 0.3 is 17.6 Å². The van der Waals surface area contributed by atoms with Gasteiger partial charge in [-0.25, -0.2) is 0 Å². The average Bonchev–Trinajstić information content (AvgIpc) is 3.08. The van der Waals surface area contributed by atoms with E-state index in [9.17, 15) is 0 Å². The SMILES string of the molecule is CCO[Si](OCC)(OCC)c1ccc(Nc2ccc([Si](OCC)(OCC)OCC)cc2)cc1.Ic1ccc(Nc2ccc(I)cc2)cc1. The van der Waals surface area contributed by atoms with Crippen molar-refractivity contribution in [2.75, 3.05) is 50.3 Å². The van der Waals surface area contributed by atoms with Crippen molar-refractivity contribution in [3.05, 3.63) is 104 Å². The van der Waals surface area contributed by atoms with Crippen LogP contribution in [-0.4, -0.2) is 57.3 Å². The minimum absolute atomic E-state index is 0.536. The summed E-state index contributed by atoms with van der Waals surface area (Å²) in [5.41, 5.74) is 4.16. The van der Waals surface area contributed by atoms with E-state index < -0.39 is 17.6 Å². The minimum Gasteiger partial charge on any atom is -0.370 e. The van der Waals surface area contributed by atoms with E-state index in [1.807, 2.05) is 90.1 Å². The Morgan fingerprint density at radius 2 is 0.583 bits per heavy atom. The molecular formula is C36H48I2N2O6Si2. The summed E-state index contributed by atoms with van der Waals surface area (Å²) in [4.78, 5) is 0. The maximum atomic E-state index is 6.00. The van der Waals surface area contributed by atoms with Gasteiger partial charge in [0, 0.05) is 79.9 Å². The number of benzene rings is 4. The molecule has 0 aromatic heterocycles. The van der Waals surface area contributed by atoms with Crippen LogP contribution in [0.3, 0.4) is 0 Å². The zero-order chi connectivity index (χ0) is 34.8. The van der Waals surface area contributed by atoms with Crippen molar-refractivity contribution >= 4 is 95.9 Å². The summed E-state index contributed by atoms with van der Waals surface area (Å²) in [6, 6.07) is 32.8. The van der Waals surface area contributed by atoms with Crippen LogP contribution in [0.1, 0.15) is 41.5 Å². The van der Waals surface area contributed by atoms with Gasteiger partial charge in [0.15, 0.2) is 0 Å². The Hall–Kier alpha value is -1.87. The zero-order valence-electron chi connectivity index (χ0n) is 28.7. The molecule has 0 fully saturated rings. The number of rotatable bonds is 18. The second kappa shape index (κ2) is 21.4. The molecule has 12 heteroatoms. The van der Waals surface area contributed by atoms with Gasteiger partial charge in [0.1, 0.15) is 0 Å². The van der Waals surface area contributed by atoms with Crippen LogP contribution < -0.4 is 21.0 Å². The number of nitrogens with one attached hydrogen (secondary N) is 2. The van der Waals surface area contributed by atoms with Crippen molar-refractivity contribution in [3.63, 3.8) is 0 Å². The Morgan fingerprint density at radius 1 is 0.375 bits per heavy atom. The first-order chi connectivity index (χ1) is 23.3. The highest BCUT2D eigenvalue weighted by atomic mass is 127. The highest BCUT2D eigenvalue weighted by Gasteiger charge is 2.44. The molecule has 0 saturated heterocycles. The standard InChI is InChI=1S/C24H39NO6Si2.C12H9I2N/c1-7-26-32(27-8-2,28-9-3)23-17-13-21(14-18-23)25-22-15-19-24(20-16-22)33(29-10-4,30-11-5)31-12-6;13-9-1-5-11(6-2-9)15-12-7-3-10(14)4-8-12/h13-20,25H,7-12H2,1-6H3;1-8,15H. The third kappa shape index (κ3) is 12.2. The molecule has 0 aliphatic carbocycles. The van der Waals surface area contributed by atoms with Crippen LogP contribution in [0.5, 0.6) is 0 Å². The second-order valence-corrected chi connectivity index (χ2v) is 17.7. The van der Waals surface area contributed by atoms with E-state index in [-0.39, 0.29) is 0 Å². The van der Waals surface area contributed by atoms with Crippen molar-refractivity contribution in [1.82, 2.24) is 0 Å². The minimum atomic E-state index is -2.90. The fraction of sp³-hybridized carbons (Fsp3) is 0.333. The molecule has 4 aromatic rings. The molecule has 0 aliphatic heterocycles. The van der Waals surface area contributed by atoms with Gasteiger partial charge in [-0.05, 0) is 160 Å². The average molecular weight is 915 g/mol. The lowest BCUT2D eigenvalue weighted by atomic mass is 10.2. The van der Waals surface area contributed by atoms with E-state index in [0.717, 1.165) is 33.1 Å². The number of anilines is 4. The van der Waals surface area contributed by atoms with Crippen LogP contribution in [-0.2, 0) is 26.6 Å². The van der Waals surface area contributed by atoms with Crippen LogP contribution in [0.4, 0.5) is 22.7 Å². The molecule has 0 saturated carbocycles. The first-order valence-electron chi connectivity index (χ1n) is 16.4. The molecule has 0 heterocycles. The third-order valence-electron chi connectivity index (χ3n) is 6.75. The summed E-state index contributed by atoms with van der Waals surface area (Å²) in [5, 5.41) is 8.70. The summed E-state index contributed by atoms with van der Waals surface area (Å²) in [7, 11) is -5.81. The number of hydrogen-bond acceptors (Lipinski definition) is 8. The lowest BCUT2D eigenvalue weighted by molar-refractivity contribution is 0.0851. The van der Waals surface area contributed by atoms with Crippen molar-refractivity contribution in [1.29, 1.82) is 0 Å². The van der Waals surface area contributed by atoms with Crippen molar-refractivity contribution in [2.24, 2.45) is 0 Å². The second-order valence-electron chi connectivity index (χ2n) is 10.1. The Bertz CT molecular complexity index is 1320. The molecule has 0 atom stereocenters. The first kappa shape index (κ1) is 40.6. The third-order valence-corrected chi connectivity index (χ3v) is 14.3. The van der Waals surface area contributed by atoms with E-state index in [4.69, 9.17) is 26.6 Å². The molecule has 0 aliphatic rings. The van der Waals surface area contributed by atoms with E-state index >= 15 is 0 Å². The van der Waals surface area contributed by atoms with Gasteiger partial charge in [0.05, 0.1) is 0 Å². The molecule has 4 aromatic carbocycles. The van der Waals surface area contributed by atoms with E-state index in [1.54, 1.807) is 0 Å². The largest absolute Gasteiger partial charge is 0.537 e. The van der Waals surface area contributed by atoms with Gasteiger partial charge in [0.25, 0.3) is 0 Å². The Labute approximate surface area is 316 Å². The van der Waals surface area contributed by atoms with Crippen LogP contribution in [0.25, 0.3) is 0 Å². The quantitative estimate of drug-likeness (QED) is 0.0760. The molecule has 4 rings (SSSR count). The molecule has 2 N–H and O–H groups in total. The maximum Gasteiger partial charge on any atom is 0.537 e. The highest BCUT2D eigenvalue weighted by molar-refractivity contribution is 14.1. The summed E-state index contributed by atoms with van der Waals surface area (Å²) >= 11 is 4.61. The molecule has 0 bridgehead atoms. The summed E-state index contributed by atoms with van der Waals surface area (Å²) in [6.07, 6.45) is 0. The molecule has 48 heavy (non-hydrogen) atoms. The number of halogens is 2. The molecular weight excluding hydrogens is 866 g/mol. The molecule has 0 radical (unpaired) electrons. The van der Waals surface area contributed by atoms with Crippen LogP contribution in [0, 0.1) is 7.14 Å². The van der Waals surface area contributed by atoms with Crippen LogP contribution >= 0.6 is 45.2 Å². The normalized spacial score (nSPS) is 11.5. The van der Waals surface area contributed by atoms with Crippen molar-refractivity contribution in [2.45, 2.75) is 41.5 Å². The maximum absolute atomic E-state index is 6.00. The van der Waals surface area contributed by atoms with E-state index in [1.165, 1.54) is 7.14 Å². The Balaban J connectivity index is 0.000000344. The fourth-order valence-electron chi connectivity index (χ4n) is 4.81. The van der Waals surface area contributed by atoms with Crippen molar-refractivity contribution in [3.8, 4) is 0 Å². The molecule has 260 valence electrons. The van der Waals surface area contributed by atoms with Gasteiger partial charge in [-0.3, -0.25) is 0 Å². The van der Waals surface area contributed by atoms with Crippen LogP contribution in [0.2, 0.25) is 0 Å². The lowest BCUT2D eigenvalue weighted by Gasteiger charge is -2.29. The van der Waals surface area contributed by atoms with Gasteiger partial charge in [-0.2, -0.15) is 0 Å². The Morgan fingerprint density at radius 3 is 0.792 bits per heavy atom. The molecule has 0 spiro atoms. The topological polar surface area (TPSA) is 79.4 Å². The van der Waals surface area contributed by atoms with E-state index in [2.05, 4.69) is 104 Å². The Kier molecular flexibility index (Phi) is 18.1. The molecule has 8 nitrogen and oxygen atoms in total. The molecule has 0 amide bonds. The summed E-state index contributed by atoms with van der Waals surface area (Å²) in [6.45, 7) is 15.0. The van der Waals surface area contributed by atoms with Gasteiger partial charge in [-0.15, -0.1) is 0 Å². The van der Waals surface area contributed by atoms with Gasteiger partial charge in [0.2, 0.25) is 0 Å². The van der Waals surface area contributed by atoms with E-state index in [0.29, 0.717) is 39.6 Å². The fourth-order valence-corrected chi connectivity index (χ4v) is 10.5. The van der Waals surface area contributed by atoms with Crippen LogP contribution in [0.15, 0.2) is 97.1 Å². The monoisotopic (exact) mass is 914 g/mol. The first-order valence-corrected chi connectivity index (χ1v) is 22.0.